The molecular formula is C12H14F3NO. The molecule has 0 atom stereocenters. The topological polar surface area (TPSA) is 35.2 Å². The van der Waals surface area contributed by atoms with Gasteiger partial charge in [-0.05, 0) is 31.1 Å². The molecule has 0 aliphatic carbocycles. The van der Waals surface area contributed by atoms with E-state index >= 15 is 0 Å². The summed E-state index contributed by atoms with van der Waals surface area (Å²) in [5.74, 6) is -0.257. The lowest BCUT2D eigenvalue weighted by Gasteiger charge is -2.15. The van der Waals surface area contributed by atoms with Gasteiger partial charge < -0.3 is 10.5 Å². The minimum Gasteiger partial charge on any atom is -0.405 e. The van der Waals surface area contributed by atoms with Crippen LogP contribution in [0.4, 0.5) is 18.9 Å². The van der Waals surface area contributed by atoms with Crippen LogP contribution < -0.4 is 10.5 Å². The summed E-state index contributed by atoms with van der Waals surface area (Å²) in [5, 5.41) is 0. The highest BCUT2D eigenvalue weighted by molar-refractivity contribution is 5.72. The Bertz CT molecular complexity index is 424. The first-order chi connectivity index (χ1) is 7.87. The van der Waals surface area contributed by atoms with Crippen molar-refractivity contribution in [3.63, 3.8) is 0 Å². The lowest BCUT2D eigenvalue weighted by Crippen LogP contribution is -2.18. The molecule has 0 aromatic heterocycles. The number of anilines is 1. The molecule has 0 heterocycles. The number of ether oxygens (including phenoxy) is 1. The van der Waals surface area contributed by atoms with Crippen molar-refractivity contribution in [3.05, 3.63) is 29.8 Å². The summed E-state index contributed by atoms with van der Waals surface area (Å²) in [4.78, 5) is 0. The van der Waals surface area contributed by atoms with Gasteiger partial charge in [0.25, 0.3) is 0 Å². The van der Waals surface area contributed by atoms with Gasteiger partial charge in [0.05, 0.1) is 0 Å². The second-order valence-corrected chi connectivity index (χ2v) is 3.47. The first kappa shape index (κ1) is 13.4. The van der Waals surface area contributed by atoms with Crippen LogP contribution in [-0.2, 0) is 0 Å². The van der Waals surface area contributed by atoms with Crippen LogP contribution in [0.3, 0.4) is 0 Å². The number of nitrogen functional groups attached to an aromatic ring is 1. The maximum atomic E-state index is 12.2. The fourth-order valence-electron chi connectivity index (χ4n) is 1.56. The van der Waals surface area contributed by atoms with E-state index in [9.17, 15) is 13.2 Å². The highest BCUT2D eigenvalue weighted by atomic mass is 19.4. The highest BCUT2D eigenvalue weighted by Crippen LogP contribution is 2.33. The molecule has 0 aliphatic heterocycles. The zero-order valence-electron chi connectivity index (χ0n) is 9.64. The average molecular weight is 245 g/mol. The SMILES string of the molecule is C/C=C(\CC)c1ccc(N)cc1OC(F)(F)F. The third-order valence-corrected chi connectivity index (χ3v) is 2.31. The Morgan fingerprint density at radius 2 is 2.06 bits per heavy atom. The monoisotopic (exact) mass is 245 g/mol. The predicted molar refractivity (Wildman–Crippen MR) is 61.5 cm³/mol. The van der Waals surface area contributed by atoms with Gasteiger partial charge in [0, 0.05) is 17.3 Å². The van der Waals surface area contributed by atoms with Crippen LogP contribution in [0.25, 0.3) is 5.57 Å². The number of allylic oxidation sites excluding steroid dienone is 2. The Labute approximate surface area is 97.9 Å². The summed E-state index contributed by atoms with van der Waals surface area (Å²) in [6.45, 7) is 3.63. The van der Waals surface area contributed by atoms with Gasteiger partial charge in [0.15, 0.2) is 0 Å². The molecule has 5 heteroatoms. The molecule has 1 aromatic rings. The lowest BCUT2D eigenvalue weighted by molar-refractivity contribution is -0.274. The molecule has 0 radical (unpaired) electrons. The minimum absolute atomic E-state index is 0.236. The molecule has 0 saturated carbocycles. The number of nitrogens with two attached hydrogens (primary N) is 1. The zero-order chi connectivity index (χ0) is 13.1. The van der Waals surface area contributed by atoms with Crippen LogP contribution in [0.5, 0.6) is 5.75 Å². The lowest BCUT2D eigenvalue weighted by atomic mass is 10.0. The van der Waals surface area contributed by atoms with Crippen LogP contribution in [0.1, 0.15) is 25.8 Å². The molecule has 0 saturated heterocycles. The van der Waals surface area contributed by atoms with Gasteiger partial charge in [-0.2, -0.15) is 0 Å². The third-order valence-electron chi connectivity index (χ3n) is 2.31. The van der Waals surface area contributed by atoms with E-state index in [1.54, 1.807) is 19.1 Å². The number of benzene rings is 1. The van der Waals surface area contributed by atoms with Crippen molar-refractivity contribution in [3.8, 4) is 5.75 Å². The van der Waals surface area contributed by atoms with Crippen molar-refractivity contribution in [1.29, 1.82) is 0 Å². The molecule has 94 valence electrons. The summed E-state index contributed by atoms with van der Waals surface area (Å²) in [7, 11) is 0. The van der Waals surface area contributed by atoms with E-state index < -0.39 is 6.36 Å². The maximum Gasteiger partial charge on any atom is 0.573 e. The smallest absolute Gasteiger partial charge is 0.405 e. The van der Waals surface area contributed by atoms with Crippen LogP contribution in [0.15, 0.2) is 24.3 Å². The summed E-state index contributed by atoms with van der Waals surface area (Å²) in [6.07, 6.45) is -2.33. The van der Waals surface area contributed by atoms with Crippen LogP contribution in [-0.4, -0.2) is 6.36 Å². The van der Waals surface area contributed by atoms with Crippen LogP contribution in [0.2, 0.25) is 0 Å². The van der Waals surface area contributed by atoms with Gasteiger partial charge in [0.1, 0.15) is 5.75 Å². The average Bonchev–Trinajstić information content (AvgIpc) is 2.20. The number of rotatable bonds is 3. The molecule has 0 fully saturated rings. The van der Waals surface area contributed by atoms with Gasteiger partial charge in [-0.1, -0.05) is 13.0 Å². The van der Waals surface area contributed by atoms with E-state index in [2.05, 4.69) is 4.74 Å². The van der Waals surface area contributed by atoms with Gasteiger partial charge in [-0.25, -0.2) is 0 Å². The number of halogens is 3. The Hall–Kier alpha value is -1.65. The van der Waals surface area contributed by atoms with E-state index in [0.717, 1.165) is 5.57 Å². The molecule has 0 bridgehead atoms. The fourth-order valence-corrected chi connectivity index (χ4v) is 1.56. The van der Waals surface area contributed by atoms with Crippen molar-refractivity contribution >= 4 is 11.3 Å². The first-order valence-electron chi connectivity index (χ1n) is 5.18. The summed E-state index contributed by atoms with van der Waals surface area (Å²) < 4.78 is 40.7. The molecule has 0 amide bonds. The quantitative estimate of drug-likeness (QED) is 0.817. The van der Waals surface area contributed by atoms with Gasteiger partial charge in [-0.3, -0.25) is 0 Å². The van der Waals surface area contributed by atoms with E-state index in [1.807, 2.05) is 6.92 Å². The molecule has 2 N–H and O–H groups in total. The normalized spacial score (nSPS) is 12.6. The van der Waals surface area contributed by atoms with E-state index in [4.69, 9.17) is 5.73 Å². The minimum atomic E-state index is -4.71. The second kappa shape index (κ2) is 5.12. The van der Waals surface area contributed by atoms with Crippen molar-refractivity contribution < 1.29 is 17.9 Å². The van der Waals surface area contributed by atoms with Crippen molar-refractivity contribution in [2.75, 3.05) is 5.73 Å². The second-order valence-electron chi connectivity index (χ2n) is 3.47. The van der Waals surface area contributed by atoms with Crippen molar-refractivity contribution in [1.82, 2.24) is 0 Å². The molecule has 1 rings (SSSR count). The van der Waals surface area contributed by atoms with Crippen molar-refractivity contribution in [2.24, 2.45) is 0 Å². The Morgan fingerprint density at radius 3 is 2.53 bits per heavy atom. The largest absolute Gasteiger partial charge is 0.573 e. The molecule has 17 heavy (non-hydrogen) atoms. The number of hydrogen-bond donors (Lipinski definition) is 1. The number of alkyl halides is 3. The fraction of sp³-hybridized carbons (Fsp3) is 0.333. The standard InChI is InChI=1S/C12H14F3NO/c1-3-8(4-2)10-6-5-9(16)7-11(10)17-12(13,14)15/h3,5-7H,4,16H2,1-2H3/b8-3+. The van der Waals surface area contributed by atoms with E-state index in [0.29, 0.717) is 12.0 Å². The van der Waals surface area contributed by atoms with Gasteiger partial charge in [0.2, 0.25) is 0 Å². The predicted octanol–water partition coefficient (Wildman–Crippen LogP) is 3.98. The van der Waals surface area contributed by atoms with E-state index in [1.165, 1.54) is 12.1 Å². The van der Waals surface area contributed by atoms with Gasteiger partial charge in [-0.15, -0.1) is 13.2 Å². The Morgan fingerprint density at radius 1 is 1.41 bits per heavy atom. The van der Waals surface area contributed by atoms with E-state index in [-0.39, 0.29) is 11.4 Å². The van der Waals surface area contributed by atoms with Crippen LogP contribution >= 0.6 is 0 Å². The molecule has 0 aliphatic rings. The molecule has 0 unspecified atom stereocenters. The van der Waals surface area contributed by atoms with Gasteiger partial charge >= 0.3 is 6.36 Å². The third kappa shape index (κ3) is 3.69. The molecular weight excluding hydrogens is 231 g/mol. The highest BCUT2D eigenvalue weighted by Gasteiger charge is 2.32. The van der Waals surface area contributed by atoms with Crippen LogP contribution in [0, 0.1) is 0 Å². The molecule has 2 nitrogen and oxygen atoms in total. The summed E-state index contributed by atoms with van der Waals surface area (Å²) in [5.41, 5.74) is 6.90. The van der Waals surface area contributed by atoms with Crippen molar-refractivity contribution in [2.45, 2.75) is 26.6 Å². The summed E-state index contributed by atoms with van der Waals surface area (Å²) >= 11 is 0. The molecule has 1 aromatic carbocycles. The first-order valence-corrected chi connectivity index (χ1v) is 5.18. The summed E-state index contributed by atoms with van der Waals surface area (Å²) in [6, 6.07) is 4.27. The maximum absolute atomic E-state index is 12.2. The number of hydrogen-bond acceptors (Lipinski definition) is 2. The Balaban J connectivity index is 3.21. The zero-order valence-corrected chi connectivity index (χ0v) is 9.64. The Kier molecular flexibility index (Phi) is 4.04. The molecule has 0 spiro atoms.